The number of pyridine rings is 1. The van der Waals surface area contributed by atoms with E-state index in [1.165, 1.54) is 0 Å². The lowest BCUT2D eigenvalue weighted by Gasteiger charge is -2.28. The van der Waals surface area contributed by atoms with Crippen LogP contribution in [0.25, 0.3) is 11.3 Å². The molecule has 2 aromatic heterocycles. The largest absolute Gasteiger partial charge is 0.396 e. The molecular weight excluding hydrogens is 270 g/mol. The monoisotopic (exact) mass is 289 g/mol. The molecule has 21 heavy (non-hydrogen) atoms. The Hall–Kier alpha value is -2.21. The van der Waals surface area contributed by atoms with E-state index in [1.807, 2.05) is 19.9 Å². The van der Waals surface area contributed by atoms with E-state index in [-0.39, 0.29) is 18.2 Å². The number of rotatable bonds is 6. The zero-order valence-electron chi connectivity index (χ0n) is 12.2. The fraction of sp³-hybridized carbons (Fsp3) is 0.400. The Bertz CT molecular complexity index is 597. The fourth-order valence-corrected chi connectivity index (χ4v) is 1.94. The number of nitrogens with one attached hydrogen (secondary N) is 1. The van der Waals surface area contributed by atoms with Crippen molar-refractivity contribution in [1.29, 1.82) is 0 Å². The number of hydrogen-bond acceptors (Lipinski definition) is 5. The predicted molar refractivity (Wildman–Crippen MR) is 77.6 cm³/mol. The minimum Gasteiger partial charge on any atom is -0.396 e. The molecule has 0 radical (unpaired) electrons. The van der Waals surface area contributed by atoms with E-state index >= 15 is 0 Å². The number of amides is 1. The van der Waals surface area contributed by atoms with Crippen molar-refractivity contribution >= 4 is 5.91 Å². The molecule has 1 unspecified atom stereocenters. The summed E-state index contributed by atoms with van der Waals surface area (Å²) in [5.74, 6) is 0.181. The number of carbonyl (C=O) groups is 1. The molecule has 2 rings (SSSR count). The summed E-state index contributed by atoms with van der Waals surface area (Å²) in [5, 5.41) is 15.8. The first-order valence-corrected chi connectivity index (χ1v) is 6.88. The van der Waals surface area contributed by atoms with Crippen molar-refractivity contribution in [2.24, 2.45) is 0 Å². The topological polar surface area (TPSA) is 88.2 Å². The van der Waals surface area contributed by atoms with Crippen molar-refractivity contribution in [3.63, 3.8) is 0 Å². The highest BCUT2D eigenvalue weighted by Crippen LogP contribution is 2.20. The zero-order valence-corrected chi connectivity index (χ0v) is 12.2. The summed E-state index contributed by atoms with van der Waals surface area (Å²) in [6.45, 7) is 3.87. The third-order valence-corrected chi connectivity index (χ3v) is 3.55. The van der Waals surface area contributed by atoms with Crippen molar-refractivity contribution in [3.8, 4) is 11.3 Å². The molecule has 1 atom stereocenters. The summed E-state index contributed by atoms with van der Waals surface area (Å²) < 4.78 is 5.18. The zero-order chi connectivity index (χ0) is 15.3. The van der Waals surface area contributed by atoms with Gasteiger partial charge in [0.2, 0.25) is 0 Å². The van der Waals surface area contributed by atoms with E-state index in [0.29, 0.717) is 18.6 Å². The second kappa shape index (κ2) is 6.49. The molecule has 0 aliphatic carbocycles. The molecular formula is C15H19N3O3. The van der Waals surface area contributed by atoms with Gasteiger partial charge in [-0.05, 0) is 31.9 Å². The molecule has 6 nitrogen and oxygen atoms in total. The Balaban J connectivity index is 2.12. The van der Waals surface area contributed by atoms with Gasteiger partial charge < -0.3 is 14.9 Å². The van der Waals surface area contributed by atoms with Gasteiger partial charge in [0.1, 0.15) is 0 Å². The van der Waals surface area contributed by atoms with Crippen LogP contribution in [0.4, 0.5) is 0 Å². The molecule has 0 saturated carbocycles. The molecule has 0 saturated heterocycles. The highest BCUT2D eigenvalue weighted by molar-refractivity contribution is 5.93. The SMILES string of the molecule is CCC(C)(CCO)NC(=O)c1cc(-c2cccnc2)on1. The molecule has 112 valence electrons. The van der Waals surface area contributed by atoms with Gasteiger partial charge in [0.25, 0.3) is 5.91 Å². The van der Waals surface area contributed by atoms with E-state index in [2.05, 4.69) is 15.5 Å². The molecule has 0 aromatic carbocycles. The molecule has 0 bridgehead atoms. The van der Waals surface area contributed by atoms with Crippen LogP contribution in [0.3, 0.4) is 0 Å². The molecule has 0 aliphatic heterocycles. The Kier molecular flexibility index (Phi) is 4.70. The van der Waals surface area contributed by atoms with Gasteiger partial charge in [-0.2, -0.15) is 0 Å². The molecule has 1 amide bonds. The van der Waals surface area contributed by atoms with Gasteiger partial charge >= 0.3 is 0 Å². The van der Waals surface area contributed by atoms with Crippen LogP contribution in [0.5, 0.6) is 0 Å². The average Bonchev–Trinajstić information content (AvgIpc) is 2.98. The smallest absolute Gasteiger partial charge is 0.273 e. The highest BCUT2D eigenvalue weighted by atomic mass is 16.5. The van der Waals surface area contributed by atoms with Gasteiger partial charge in [-0.1, -0.05) is 12.1 Å². The van der Waals surface area contributed by atoms with Crippen molar-refractivity contribution in [2.45, 2.75) is 32.2 Å². The van der Waals surface area contributed by atoms with Crippen LogP contribution in [0.1, 0.15) is 37.2 Å². The fourth-order valence-electron chi connectivity index (χ4n) is 1.94. The van der Waals surface area contributed by atoms with Crippen LogP contribution in [0, 0.1) is 0 Å². The minimum absolute atomic E-state index is 0.0182. The lowest BCUT2D eigenvalue weighted by atomic mass is 9.94. The van der Waals surface area contributed by atoms with Gasteiger partial charge in [-0.3, -0.25) is 9.78 Å². The second-order valence-electron chi connectivity index (χ2n) is 5.16. The van der Waals surface area contributed by atoms with Crippen molar-refractivity contribution in [1.82, 2.24) is 15.5 Å². The van der Waals surface area contributed by atoms with Crippen molar-refractivity contribution in [2.75, 3.05) is 6.61 Å². The quantitative estimate of drug-likeness (QED) is 0.849. The van der Waals surface area contributed by atoms with Crippen molar-refractivity contribution in [3.05, 3.63) is 36.3 Å². The summed E-state index contributed by atoms with van der Waals surface area (Å²) in [6.07, 6.45) is 4.51. The Morgan fingerprint density at radius 1 is 1.52 bits per heavy atom. The van der Waals surface area contributed by atoms with E-state index in [0.717, 1.165) is 5.56 Å². The van der Waals surface area contributed by atoms with Crippen LogP contribution < -0.4 is 5.32 Å². The maximum Gasteiger partial charge on any atom is 0.273 e. The molecule has 0 fully saturated rings. The van der Waals surface area contributed by atoms with Gasteiger partial charge in [0.05, 0.1) is 0 Å². The average molecular weight is 289 g/mol. The molecule has 6 heteroatoms. The number of aliphatic hydroxyl groups is 1. The first-order valence-electron chi connectivity index (χ1n) is 6.88. The van der Waals surface area contributed by atoms with Gasteiger partial charge in [-0.15, -0.1) is 0 Å². The van der Waals surface area contributed by atoms with E-state index in [1.54, 1.807) is 24.5 Å². The normalized spacial score (nSPS) is 13.7. The van der Waals surface area contributed by atoms with E-state index in [4.69, 9.17) is 9.63 Å². The van der Waals surface area contributed by atoms with Crippen molar-refractivity contribution < 1.29 is 14.4 Å². The molecule has 0 aliphatic rings. The summed E-state index contributed by atoms with van der Waals surface area (Å²) >= 11 is 0. The van der Waals surface area contributed by atoms with Gasteiger partial charge in [0.15, 0.2) is 11.5 Å². The Morgan fingerprint density at radius 2 is 2.33 bits per heavy atom. The van der Waals surface area contributed by atoms with Crippen LogP contribution in [-0.2, 0) is 0 Å². The minimum atomic E-state index is -0.459. The van der Waals surface area contributed by atoms with Crippen LogP contribution >= 0.6 is 0 Å². The maximum absolute atomic E-state index is 12.2. The number of nitrogens with zero attached hydrogens (tertiary/aromatic N) is 2. The van der Waals surface area contributed by atoms with Crippen LogP contribution in [-0.4, -0.2) is 33.3 Å². The van der Waals surface area contributed by atoms with E-state index < -0.39 is 5.54 Å². The number of aromatic nitrogens is 2. The first-order chi connectivity index (χ1) is 10.1. The molecule has 2 aromatic rings. The lowest BCUT2D eigenvalue weighted by Crippen LogP contribution is -2.46. The van der Waals surface area contributed by atoms with Gasteiger partial charge in [0, 0.05) is 36.2 Å². The molecule has 2 N–H and O–H groups in total. The third kappa shape index (κ3) is 3.66. The maximum atomic E-state index is 12.2. The highest BCUT2D eigenvalue weighted by Gasteiger charge is 2.25. The summed E-state index contributed by atoms with van der Waals surface area (Å²) in [7, 11) is 0. The second-order valence-corrected chi connectivity index (χ2v) is 5.16. The number of aliphatic hydroxyl groups excluding tert-OH is 1. The van der Waals surface area contributed by atoms with Gasteiger partial charge in [-0.25, -0.2) is 0 Å². The van der Waals surface area contributed by atoms with Crippen LogP contribution in [0.15, 0.2) is 35.1 Å². The third-order valence-electron chi connectivity index (χ3n) is 3.55. The summed E-state index contributed by atoms with van der Waals surface area (Å²) in [6, 6.07) is 5.20. The van der Waals surface area contributed by atoms with E-state index in [9.17, 15) is 4.79 Å². The predicted octanol–water partition coefficient (Wildman–Crippen LogP) is 2.02. The number of carbonyl (C=O) groups excluding carboxylic acids is 1. The summed E-state index contributed by atoms with van der Waals surface area (Å²) in [5.41, 5.74) is 0.517. The Morgan fingerprint density at radius 3 is 2.95 bits per heavy atom. The summed E-state index contributed by atoms with van der Waals surface area (Å²) in [4.78, 5) is 16.2. The van der Waals surface area contributed by atoms with Crippen LogP contribution in [0.2, 0.25) is 0 Å². The molecule has 2 heterocycles. The number of hydrogen-bond donors (Lipinski definition) is 2. The first kappa shape index (κ1) is 15.2. The standard InChI is InChI=1S/C15H19N3O3/c1-3-15(2,6-8-19)17-14(20)12-9-13(21-18-12)11-5-4-7-16-10-11/h4-5,7,9-10,19H,3,6,8H2,1-2H3,(H,17,20). The Labute approximate surface area is 123 Å². The lowest BCUT2D eigenvalue weighted by molar-refractivity contribution is 0.0877. The molecule has 0 spiro atoms.